The Hall–Kier alpha value is -2.21. The second-order valence-electron chi connectivity index (χ2n) is 7.29. The second kappa shape index (κ2) is 6.96. The van der Waals surface area contributed by atoms with Gasteiger partial charge in [0.1, 0.15) is 0 Å². The number of benzene rings is 1. The fourth-order valence-corrected chi connectivity index (χ4v) is 3.82. The Balaban J connectivity index is 1.68. The molecule has 1 N–H and O–H groups in total. The second-order valence-corrected chi connectivity index (χ2v) is 8.13. The Labute approximate surface area is 152 Å². The van der Waals surface area contributed by atoms with Gasteiger partial charge in [-0.2, -0.15) is 0 Å². The molecule has 1 aliphatic rings. The van der Waals surface area contributed by atoms with E-state index in [-0.39, 0.29) is 23.7 Å². The molecule has 132 valence electrons. The lowest BCUT2D eigenvalue weighted by molar-refractivity contribution is -0.117. The minimum atomic E-state index is -0.0960. The first-order valence-electron chi connectivity index (χ1n) is 8.49. The number of amides is 2. The number of aromatic nitrogens is 1. The highest BCUT2D eigenvalue weighted by molar-refractivity contribution is 7.14. The Morgan fingerprint density at radius 1 is 1.32 bits per heavy atom. The van der Waals surface area contributed by atoms with Gasteiger partial charge in [0.05, 0.1) is 12.1 Å². The number of carbonyl (C=O) groups excluding carboxylic acids is 2. The fourth-order valence-electron chi connectivity index (χ4n) is 2.96. The van der Waals surface area contributed by atoms with E-state index < -0.39 is 0 Å². The molecule has 1 saturated heterocycles. The molecule has 1 aromatic carbocycles. The fraction of sp³-hybridized carbons (Fsp3) is 0.421. The zero-order valence-corrected chi connectivity index (χ0v) is 15.7. The summed E-state index contributed by atoms with van der Waals surface area (Å²) in [5.41, 5.74) is 2.59. The molecule has 0 bridgehead atoms. The Morgan fingerprint density at radius 2 is 2.08 bits per heavy atom. The monoisotopic (exact) mass is 357 g/mol. The van der Waals surface area contributed by atoms with Crippen LogP contribution in [0.2, 0.25) is 0 Å². The van der Waals surface area contributed by atoms with Crippen molar-refractivity contribution in [3.63, 3.8) is 0 Å². The number of para-hydroxylation sites is 1. The zero-order valence-electron chi connectivity index (χ0n) is 14.8. The van der Waals surface area contributed by atoms with Crippen LogP contribution in [0.15, 0.2) is 29.6 Å². The lowest BCUT2D eigenvalue weighted by Gasteiger charge is -2.22. The maximum atomic E-state index is 12.4. The maximum absolute atomic E-state index is 12.4. The van der Waals surface area contributed by atoms with Gasteiger partial charge < -0.3 is 5.32 Å². The van der Waals surface area contributed by atoms with Crippen molar-refractivity contribution in [2.45, 2.75) is 45.4 Å². The summed E-state index contributed by atoms with van der Waals surface area (Å²) in [6.45, 7) is 7.09. The van der Waals surface area contributed by atoms with Crippen LogP contribution in [0.4, 0.5) is 10.8 Å². The van der Waals surface area contributed by atoms with Crippen molar-refractivity contribution in [1.29, 1.82) is 0 Å². The standard InChI is InChI=1S/C19H23N3O2S/c1-19(2,3)14-7-4-5-8-15(14)21-16(23)11-13-12-25-18(20-13)22-10-6-9-17(22)24/h4-5,7-8,12H,6,9-11H2,1-3H3,(H,21,23). The van der Waals surface area contributed by atoms with E-state index in [1.165, 1.54) is 11.3 Å². The summed E-state index contributed by atoms with van der Waals surface area (Å²) < 4.78 is 0. The lowest BCUT2D eigenvalue weighted by atomic mass is 9.86. The Morgan fingerprint density at radius 3 is 2.76 bits per heavy atom. The maximum Gasteiger partial charge on any atom is 0.230 e. The van der Waals surface area contributed by atoms with Crippen LogP contribution >= 0.6 is 11.3 Å². The van der Waals surface area contributed by atoms with Crippen molar-refractivity contribution >= 4 is 34.0 Å². The highest BCUT2D eigenvalue weighted by Gasteiger charge is 2.24. The number of thiazole rings is 1. The number of nitrogens with zero attached hydrogens (tertiary/aromatic N) is 2. The summed E-state index contributed by atoms with van der Waals surface area (Å²) in [7, 11) is 0. The third-order valence-corrected chi connectivity index (χ3v) is 5.11. The van der Waals surface area contributed by atoms with Gasteiger partial charge in [-0.1, -0.05) is 39.0 Å². The van der Waals surface area contributed by atoms with Gasteiger partial charge in [0.2, 0.25) is 11.8 Å². The molecule has 2 amide bonds. The Kier molecular flexibility index (Phi) is 4.90. The van der Waals surface area contributed by atoms with Gasteiger partial charge in [-0.25, -0.2) is 4.98 Å². The predicted octanol–water partition coefficient (Wildman–Crippen LogP) is 3.75. The van der Waals surface area contributed by atoms with Crippen LogP contribution in [0.25, 0.3) is 0 Å². The molecule has 2 heterocycles. The average Bonchev–Trinajstić information content (AvgIpc) is 3.15. The quantitative estimate of drug-likeness (QED) is 0.906. The van der Waals surface area contributed by atoms with E-state index in [4.69, 9.17) is 0 Å². The first-order chi connectivity index (χ1) is 11.8. The van der Waals surface area contributed by atoms with Crippen molar-refractivity contribution < 1.29 is 9.59 Å². The van der Waals surface area contributed by atoms with Gasteiger partial charge in [0.25, 0.3) is 0 Å². The molecule has 0 radical (unpaired) electrons. The van der Waals surface area contributed by atoms with Gasteiger partial charge in [0, 0.05) is 24.0 Å². The van der Waals surface area contributed by atoms with Crippen molar-refractivity contribution in [2.75, 3.05) is 16.8 Å². The highest BCUT2D eigenvalue weighted by Crippen LogP contribution is 2.29. The van der Waals surface area contributed by atoms with E-state index in [2.05, 4.69) is 31.1 Å². The van der Waals surface area contributed by atoms with Crippen molar-refractivity contribution in [3.8, 4) is 0 Å². The van der Waals surface area contributed by atoms with Crippen LogP contribution in [-0.4, -0.2) is 23.3 Å². The van der Waals surface area contributed by atoms with Gasteiger partial charge in [-0.15, -0.1) is 11.3 Å². The van der Waals surface area contributed by atoms with Crippen molar-refractivity contribution in [3.05, 3.63) is 40.9 Å². The summed E-state index contributed by atoms with van der Waals surface area (Å²) >= 11 is 1.42. The highest BCUT2D eigenvalue weighted by atomic mass is 32.1. The third kappa shape index (κ3) is 4.07. The lowest BCUT2D eigenvalue weighted by Crippen LogP contribution is -2.23. The molecule has 0 saturated carbocycles. The molecule has 2 aromatic rings. The van der Waals surface area contributed by atoms with Gasteiger partial charge in [0.15, 0.2) is 5.13 Å². The number of hydrogen-bond donors (Lipinski definition) is 1. The topological polar surface area (TPSA) is 62.3 Å². The van der Waals surface area contributed by atoms with Crippen LogP contribution in [0.5, 0.6) is 0 Å². The van der Waals surface area contributed by atoms with E-state index in [9.17, 15) is 9.59 Å². The van der Waals surface area contributed by atoms with E-state index in [1.807, 2.05) is 29.6 Å². The summed E-state index contributed by atoms with van der Waals surface area (Å²) in [6, 6.07) is 7.87. The van der Waals surface area contributed by atoms with Crippen LogP contribution in [0.3, 0.4) is 0 Å². The molecular formula is C19H23N3O2S. The van der Waals surface area contributed by atoms with Crippen molar-refractivity contribution in [2.24, 2.45) is 0 Å². The normalized spacial score (nSPS) is 14.8. The van der Waals surface area contributed by atoms with E-state index >= 15 is 0 Å². The van der Waals surface area contributed by atoms with E-state index in [0.29, 0.717) is 17.2 Å². The molecular weight excluding hydrogens is 334 g/mol. The van der Waals surface area contributed by atoms with Crippen LogP contribution < -0.4 is 10.2 Å². The summed E-state index contributed by atoms with van der Waals surface area (Å²) in [5.74, 6) is 0.0192. The molecule has 0 aliphatic carbocycles. The summed E-state index contributed by atoms with van der Waals surface area (Å²) in [5, 5.41) is 5.55. The number of hydrogen-bond acceptors (Lipinski definition) is 4. The Bertz CT molecular complexity index is 792. The molecule has 25 heavy (non-hydrogen) atoms. The molecule has 0 unspecified atom stereocenters. The average molecular weight is 357 g/mol. The minimum Gasteiger partial charge on any atom is -0.325 e. The van der Waals surface area contributed by atoms with Crippen LogP contribution in [0, 0.1) is 0 Å². The predicted molar refractivity (Wildman–Crippen MR) is 101 cm³/mol. The first-order valence-corrected chi connectivity index (χ1v) is 9.37. The smallest absolute Gasteiger partial charge is 0.230 e. The number of nitrogens with one attached hydrogen (secondary N) is 1. The zero-order chi connectivity index (χ0) is 18.0. The molecule has 0 atom stereocenters. The number of anilines is 2. The first kappa shape index (κ1) is 17.6. The molecule has 1 aliphatic heterocycles. The van der Waals surface area contributed by atoms with Crippen molar-refractivity contribution in [1.82, 2.24) is 4.98 Å². The minimum absolute atomic E-state index is 0.0478. The van der Waals surface area contributed by atoms with Gasteiger partial charge in [-0.3, -0.25) is 14.5 Å². The summed E-state index contributed by atoms with van der Waals surface area (Å²) in [6.07, 6.45) is 1.66. The summed E-state index contributed by atoms with van der Waals surface area (Å²) in [4.78, 5) is 30.4. The molecule has 1 fully saturated rings. The number of rotatable bonds is 4. The molecule has 0 spiro atoms. The molecule has 3 rings (SSSR count). The van der Waals surface area contributed by atoms with E-state index in [1.54, 1.807) is 4.90 Å². The van der Waals surface area contributed by atoms with E-state index in [0.717, 1.165) is 24.2 Å². The number of carbonyl (C=O) groups is 2. The van der Waals surface area contributed by atoms with Crippen LogP contribution in [0.1, 0.15) is 44.9 Å². The van der Waals surface area contributed by atoms with Gasteiger partial charge >= 0.3 is 0 Å². The molecule has 1 aromatic heterocycles. The van der Waals surface area contributed by atoms with Crippen LogP contribution in [-0.2, 0) is 21.4 Å². The third-order valence-electron chi connectivity index (χ3n) is 4.19. The van der Waals surface area contributed by atoms with Gasteiger partial charge in [-0.05, 0) is 23.5 Å². The molecule has 6 heteroatoms. The SMILES string of the molecule is CC(C)(C)c1ccccc1NC(=O)Cc1csc(N2CCCC2=O)n1. The largest absolute Gasteiger partial charge is 0.325 e. The molecule has 5 nitrogen and oxygen atoms in total.